The average molecular weight is 475 g/mol. The van der Waals surface area contributed by atoms with Crippen LogP contribution in [0.3, 0.4) is 0 Å². The molecule has 0 atom stereocenters. The Morgan fingerprint density at radius 3 is 2.34 bits per heavy atom. The quantitative estimate of drug-likeness (QED) is 0.637. The van der Waals surface area contributed by atoms with E-state index in [1.165, 1.54) is 15.4 Å². The first kappa shape index (κ1) is 22.8. The zero-order chi connectivity index (χ0) is 23.3. The number of hydrogen-bond donors (Lipinski definition) is 0. The van der Waals surface area contributed by atoms with Crippen molar-refractivity contribution in [3.63, 3.8) is 0 Å². The molecule has 0 spiro atoms. The van der Waals surface area contributed by atoms with Gasteiger partial charge in [0, 0.05) is 50.5 Å². The van der Waals surface area contributed by atoms with Gasteiger partial charge in [0.15, 0.2) is 5.69 Å². The van der Waals surface area contributed by atoms with Crippen molar-refractivity contribution in [2.45, 2.75) is 56.8 Å². The van der Waals surface area contributed by atoms with Gasteiger partial charge in [-0.1, -0.05) is 0 Å². The van der Waals surface area contributed by atoms with E-state index in [0.29, 0.717) is 17.9 Å². The lowest BCUT2D eigenvalue weighted by Gasteiger charge is -2.34. The number of carbonyl (C=O) groups excluding carboxylic acids is 1. The highest BCUT2D eigenvalue weighted by molar-refractivity contribution is 7.89. The molecule has 2 fully saturated rings. The van der Waals surface area contributed by atoms with Gasteiger partial charge in [-0.05, 0) is 32.8 Å². The molecule has 176 valence electrons. The Bertz CT molecular complexity index is 1110. The number of rotatable bonds is 6. The molecule has 13 heteroatoms. The van der Waals surface area contributed by atoms with Gasteiger partial charge in [-0.25, -0.2) is 8.42 Å². The molecule has 0 radical (unpaired) electrons. The molecule has 1 amide bonds. The highest BCUT2D eigenvalue weighted by atomic mass is 32.2. The second-order valence-electron chi connectivity index (χ2n) is 8.10. The van der Waals surface area contributed by atoms with Crippen molar-refractivity contribution in [3.8, 4) is 0 Å². The predicted octanol–water partition coefficient (Wildman–Crippen LogP) is 1.84. The normalized spacial score (nSPS) is 18.3. The molecule has 1 saturated carbocycles. The molecule has 2 aliphatic rings. The van der Waals surface area contributed by atoms with E-state index in [4.69, 9.17) is 0 Å². The third-order valence-corrected chi connectivity index (χ3v) is 7.82. The number of hydrogen-bond acceptors (Lipinski definition) is 5. The fourth-order valence-electron chi connectivity index (χ4n) is 3.86. The van der Waals surface area contributed by atoms with Crippen molar-refractivity contribution in [1.29, 1.82) is 0 Å². The van der Waals surface area contributed by atoms with E-state index >= 15 is 0 Å². The van der Waals surface area contributed by atoms with Gasteiger partial charge >= 0.3 is 6.18 Å². The molecule has 0 bridgehead atoms. The first-order valence-corrected chi connectivity index (χ1v) is 11.9. The molecule has 4 rings (SSSR count). The zero-order valence-corrected chi connectivity index (χ0v) is 18.7. The predicted molar refractivity (Wildman–Crippen MR) is 107 cm³/mol. The number of carbonyl (C=O) groups is 1. The number of aryl methyl sites for hydroxylation is 2. The molecule has 0 aromatic carbocycles. The summed E-state index contributed by atoms with van der Waals surface area (Å²) in [7, 11) is -3.74. The Morgan fingerprint density at radius 1 is 1.16 bits per heavy atom. The Hall–Kier alpha value is -2.41. The molecule has 9 nitrogen and oxygen atoms in total. The standard InChI is InChI=1S/C19H25F3N6O3S/c1-3-26-11-16(13(2)23-26)32(30,31)27-8-6-25(7-9-27)18(29)12-28-15(14-4-5-14)10-17(24-28)19(20,21)22/h10-11,14H,3-9,12H2,1-2H3. The Kier molecular flexibility index (Phi) is 5.82. The highest BCUT2D eigenvalue weighted by Crippen LogP contribution is 2.42. The number of halogens is 3. The topological polar surface area (TPSA) is 93.3 Å². The van der Waals surface area contributed by atoms with Crippen molar-refractivity contribution < 1.29 is 26.4 Å². The van der Waals surface area contributed by atoms with Gasteiger partial charge in [0.1, 0.15) is 11.4 Å². The number of amides is 1. The van der Waals surface area contributed by atoms with Gasteiger partial charge in [0.25, 0.3) is 0 Å². The van der Waals surface area contributed by atoms with Gasteiger partial charge in [-0.3, -0.25) is 14.2 Å². The lowest BCUT2D eigenvalue weighted by Crippen LogP contribution is -2.51. The smallest absolute Gasteiger partial charge is 0.338 e. The summed E-state index contributed by atoms with van der Waals surface area (Å²) in [6.07, 6.45) is -1.51. The molecular weight excluding hydrogens is 449 g/mol. The minimum absolute atomic E-state index is 0.000618. The van der Waals surface area contributed by atoms with Crippen molar-refractivity contribution in [2.24, 2.45) is 0 Å². The summed E-state index contributed by atoms with van der Waals surface area (Å²) in [6, 6.07) is 1.02. The third kappa shape index (κ3) is 4.40. The van der Waals surface area contributed by atoms with Crippen LogP contribution in [0, 0.1) is 6.92 Å². The van der Waals surface area contributed by atoms with Crippen molar-refractivity contribution in [3.05, 3.63) is 29.3 Å². The minimum Gasteiger partial charge on any atom is -0.338 e. The molecule has 2 aromatic rings. The first-order chi connectivity index (χ1) is 15.0. The summed E-state index contributed by atoms with van der Waals surface area (Å²) >= 11 is 0. The van der Waals surface area contributed by atoms with Gasteiger partial charge < -0.3 is 4.90 Å². The van der Waals surface area contributed by atoms with Crippen LogP contribution in [0.4, 0.5) is 13.2 Å². The van der Waals surface area contributed by atoms with Crippen molar-refractivity contribution >= 4 is 15.9 Å². The van der Waals surface area contributed by atoms with Crippen LogP contribution in [-0.2, 0) is 34.1 Å². The van der Waals surface area contributed by atoms with E-state index in [9.17, 15) is 26.4 Å². The maximum Gasteiger partial charge on any atom is 0.435 e. The van der Waals surface area contributed by atoms with Crippen LogP contribution < -0.4 is 0 Å². The molecule has 3 heterocycles. The van der Waals surface area contributed by atoms with Crippen LogP contribution in [0.15, 0.2) is 17.2 Å². The number of piperazine rings is 1. The fourth-order valence-corrected chi connectivity index (χ4v) is 5.46. The van der Waals surface area contributed by atoms with E-state index in [1.807, 2.05) is 6.92 Å². The monoisotopic (exact) mass is 474 g/mol. The highest BCUT2D eigenvalue weighted by Gasteiger charge is 2.38. The molecule has 0 unspecified atom stereocenters. The number of sulfonamides is 1. The largest absolute Gasteiger partial charge is 0.435 e. The number of nitrogens with zero attached hydrogens (tertiary/aromatic N) is 6. The van der Waals surface area contributed by atoms with Crippen LogP contribution in [0.5, 0.6) is 0 Å². The first-order valence-electron chi connectivity index (χ1n) is 10.5. The summed E-state index contributed by atoms with van der Waals surface area (Å²) in [5, 5.41) is 7.80. The summed E-state index contributed by atoms with van der Waals surface area (Å²) < 4.78 is 69.2. The maximum absolute atomic E-state index is 13.1. The number of alkyl halides is 3. The van der Waals surface area contributed by atoms with Crippen molar-refractivity contribution in [1.82, 2.24) is 28.8 Å². The second-order valence-corrected chi connectivity index (χ2v) is 10.0. The van der Waals surface area contributed by atoms with Crippen LogP contribution in [-0.4, -0.2) is 69.3 Å². The second kappa shape index (κ2) is 8.18. The van der Waals surface area contributed by atoms with Gasteiger partial charge in [-0.2, -0.15) is 27.7 Å². The summed E-state index contributed by atoms with van der Waals surface area (Å²) in [6.45, 7) is 4.27. The van der Waals surface area contributed by atoms with E-state index in [-0.39, 0.29) is 49.4 Å². The average Bonchev–Trinajstić information content (AvgIpc) is 3.37. The van der Waals surface area contributed by atoms with Crippen LogP contribution >= 0.6 is 0 Å². The van der Waals surface area contributed by atoms with E-state index in [1.54, 1.807) is 11.6 Å². The Labute approximate surface area is 183 Å². The van der Waals surface area contributed by atoms with E-state index in [2.05, 4.69) is 10.2 Å². The molecule has 2 aromatic heterocycles. The van der Waals surface area contributed by atoms with Crippen molar-refractivity contribution in [2.75, 3.05) is 26.2 Å². The fraction of sp³-hybridized carbons (Fsp3) is 0.632. The lowest BCUT2D eigenvalue weighted by atomic mass is 10.2. The lowest BCUT2D eigenvalue weighted by molar-refractivity contribution is -0.142. The van der Waals surface area contributed by atoms with E-state index in [0.717, 1.165) is 23.6 Å². The Morgan fingerprint density at radius 2 is 1.81 bits per heavy atom. The van der Waals surface area contributed by atoms with Crippen LogP contribution in [0.1, 0.15) is 42.8 Å². The zero-order valence-electron chi connectivity index (χ0n) is 17.8. The van der Waals surface area contributed by atoms with E-state index < -0.39 is 21.9 Å². The SMILES string of the molecule is CCn1cc(S(=O)(=O)N2CCN(C(=O)Cn3nc(C(F)(F)F)cc3C3CC3)CC2)c(C)n1. The van der Waals surface area contributed by atoms with Gasteiger partial charge in [-0.15, -0.1) is 0 Å². The Balaban J connectivity index is 1.42. The summed E-state index contributed by atoms with van der Waals surface area (Å²) in [5.41, 5.74) is -0.154. The van der Waals surface area contributed by atoms with Crippen LogP contribution in [0.2, 0.25) is 0 Å². The third-order valence-electron chi connectivity index (χ3n) is 5.82. The summed E-state index contributed by atoms with van der Waals surface area (Å²) in [5.74, 6) is -0.378. The molecule has 32 heavy (non-hydrogen) atoms. The van der Waals surface area contributed by atoms with Gasteiger partial charge in [0.05, 0.1) is 5.69 Å². The molecule has 1 aliphatic carbocycles. The molecule has 0 N–H and O–H groups in total. The summed E-state index contributed by atoms with van der Waals surface area (Å²) in [4.78, 5) is 14.4. The molecular formula is C19H25F3N6O3S. The van der Waals surface area contributed by atoms with Gasteiger partial charge in [0.2, 0.25) is 15.9 Å². The van der Waals surface area contributed by atoms with Crippen LogP contribution in [0.25, 0.3) is 0 Å². The maximum atomic E-state index is 13.1. The number of aromatic nitrogens is 4. The molecule has 1 aliphatic heterocycles. The molecule has 1 saturated heterocycles. The minimum atomic E-state index is -4.57.